The molecule has 0 fully saturated rings. The Labute approximate surface area is 69.5 Å². The van der Waals surface area contributed by atoms with Crippen LogP contribution in [-0.2, 0) is 4.84 Å². The monoisotopic (exact) mass is 160 g/mol. The van der Waals surface area contributed by atoms with Gasteiger partial charge in [0.1, 0.15) is 0 Å². The van der Waals surface area contributed by atoms with E-state index in [-0.39, 0.29) is 5.54 Å². The molecule has 0 radical (unpaired) electrons. The Balaban J connectivity index is 3.86. The maximum absolute atomic E-state index is 6.05. The Hall–Kier alpha value is -0.120. The van der Waals surface area contributed by atoms with Crippen molar-refractivity contribution in [3.8, 4) is 0 Å². The Kier molecular flexibility index (Phi) is 4.65. The van der Waals surface area contributed by atoms with Gasteiger partial charge in [-0.25, -0.2) is 0 Å². The Bertz CT molecular complexity index is 102. The van der Waals surface area contributed by atoms with Gasteiger partial charge in [-0.2, -0.15) is 5.06 Å². The molecular weight excluding hydrogens is 140 g/mol. The first-order chi connectivity index (χ1) is 5.08. The maximum Gasteiger partial charge on any atom is 0.0575 e. The van der Waals surface area contributed by atoms with Crippen LogP contribution in [0, 0.1) is 0 Å². The van der Waals surface area contributed by atoms with E-state index in [0.717, 1.165) is 19.4 Å². The molecule has 0 aromatic heterocycles. The van der Waals surface area contributed by atoms with Crippen LogP contribution in [0.15, 0.2) is 0 Å². The molecule has 0 amide bonds. The van der Waals surface area contributed by atoms with Crippen LogP contribution in [0.25, 0.3) is 0 Å². The first-order valence-electron chi connectivity index (χ1n) is 4.12. The third-order valence-electron chi connectivity index (χ3n) is 2.26. The quantitative estimate of drug-likeness (QED) is 0.610. The minimum absolute atomic E-state index is 0.0925. The van der Waals surface area contributed by atoms with Crippen molar-refractivity contribution in [1.82, 2.24) is 5.06 Å². The zero-order valence-electron chi connectivity index (χ0n) is 8.05. The van der Waals surface area contributed by atoms with Crippen molar-refractivity contribution in [2.75, 3.05) is 20.7 Å². The lowest BCUT2D eigenvalue weighted by molar-refractivity contribution is -0.121. The van der Waals surface area contributed by atoms with Crippen LogP contribution >= 0.6 is 0 Å². The van der Waals surface area contributed by atoms with E-state index in [1.54, 1.807) is 12.2 Å². The van der Waals surface area contributed by atoms with Crippen LogP contribution in [0.3, 0.4) is 0 Å². The topological polar surface area (TPSA) is 38.5 Å². The minimum atomic E-state index is -0.0925. The standard InChI is InChI=1S/C8H20N2O/c1-5-8(9,6-2)7-10(3)11-4/h5-7,9H2,1-4H3. The summed E-state index contributed by atoms with van der Waals surface area (Å²) in [7, 11) is 3.55. The number of hydrogen-bond donors (Lipinski definition) is 1. The fourth-order valence-corrected chi connectivity index (χ4v) is 0.982. The molecule has 0 rings (SSSR count). The SMILES string of the molecule is CCC(N)(CC)CN(C)OC. The molecule has 0 saturated carbocycles. The molecule has 0 spiro atoms. The number of hydroxylamine groups is 2. The highest BCUT2D eigenvalue weighted by atomic mass is 16.7. The van der Waals surface area contributed by atoms with E-state index in [1.807, 2.05) is 7.05 Å². The first-order valence-corrected chi connectivity index (χ1v) is 4.12. The number of rotatable bonds is 5. The molecule has 0 aliphatic rings. The summed E-state index contributed by atoms with van der Waals surface area (Å²) in [4.78, 5) is 5.00. The second-order valence-electron chi connectivity index (χ2n) is 3.04. The summed E-state index contributed by atoms with van der Waals surface area (Å²) < 4.78 is 0. The van der Waals surface area contributed by atoms with E-state index >= 15 is 0 Å². The van der Waals surface area contributed by atoms with Crippen LogP contribution in [0.4, 0.5) is 0 Å². The van der Waals surface area contributed by atoms with Gasteiger partial charge in [-0.15, -0.1) is 0 Å². The molecule has 0 heterocycles. The molecule has 0 atom stereocenters. The van der Waals surface area contributed by atoms with Gasteiger partial charge in [-0.3, -0.25) is 0 Å². The number of hydrogen-bond acceptors (Lipinski definition) is 3. The smallest absolute Gasteiger partial charge is 0.0575 e. The minimum Gasteiger partial charge on any atom is -0.324 e. The predicted molar refractivity (Wildman–Crippen MR) is 47.1 cm³/mol. The highest BCUT2D eigenvalue weighted by Gasteiger charge is 2.21. The highest BCUT2D eigenvalue weighted by Crippen LogP contribution is 2.11. The van der Waals surface area contributed by atoms with E-state index in [4.69, 9.17) is 10.6 Å². The second kappa shape index (κ2) is 4.70. The highest BCUT2D eigenvalue weighted by molar-refractivity contribution is 4.82. The summed E-state index contributed by atoms with van der Waals surface area (Å²) in [6, 6.07) is 0. The molecule has 11 heavy (non-hydrogen) atoms. The van der Waals surface area contributed by atoms with Crippen molar-refractivity contribution in [3.05, 3.63) is 0 Å². The van der Waals surface area contributed by atoms with Crippen molar-refractivity contribution in [3.63, 3.8) is 0 Å². The first kappa shape index (κ1) is 10.9. The van der Waals surface area contributed by atoms with Gasteiger partial charge in [0.2, 0.25) is 0 Å². The van der Waals surface area contributed by atoms with E-state index in [9.17, 15) is 0 Å². The van der Waals surface area contributed by atoms with Crippen LogP contribution in [-0.4, -0.2) is 31.3 Å². The van der Waals surface area contributed by atoms with Crippen molar-refractivity contribution in [1.29, 1.82) is 0 Å². The number of likely N-dealkylation sites (N-methyl/N-ethyl adjacent to an activating group) is 1. The van der Waals surface area contributed by atoms with Gasteiger partial charge in [0.15, 0.2) is 0 Å². The van der Waals surface area contributed by atoms with E-state index in [2.05, 4.69) is 13.8 Å². The van der Waals surface area contributed by atoms with E-state index in [0.29, 0.717) is 0 Å². The molecule has 2 N–H and O–H groups in total. The van der Waals surface area contributed by atoms with Crippen LogP contribution in [0.5, 0.6) is 0 Å². The van der Waals surface area contributed by atoms with Crippen LogP contribution in [0.1, 0.15) is 26.7 Å². The number of nitrogens with two attached hydrogens (primary N) is 1. The van der Waals surface area contributed by atoms with E-state index < -0.39 is 0 Å². The molecule has 0 bridgehead atoms. The summed E-state index contributed by atoms with van der Waals surface area (Å²) in [6.45, 7) is 5.00. The van der Waals surface area contributed by atoms with Crippen LogP contribution in [0.2, 0.25) is 0 Å². The van der Waals surface area contributed by atoms with Crippen molar-refractivity contribution >= 4 is 0 Å². The zero-order valence-corrected chi connectivity index (χ0v) is 8.05. The third-order valence-corrected chi connectivity index (χ3v) is 2.26. The lowest BCUT2D eigenvalue weighted by Crippen LogP contribution is -2.47. The van der Waals surface area contributed by atoms with Crippen molar-refractivity contribution in [2.45, 2.75) is 32.2 Å². The Morgan fingerprint density at radius 2 is 1.82 bits per heavy atom. The lowest BCUT2D eigenvalue weighted by atomic mass is 9.94. The summed E-state index contributed by atoms with van der Waals surface area (Å²) in [5, 5.41) is 1.77. The summed E-state index contributed by atoms with van der Waals surface area (Å²) in [6.07, 6.45) is 1.97. The molecule has 0 aliphatic carbocycles. The Morgan fingerprint density at radius 3 is 2.09 bits per heavy atom. The normalized spacial score (nSPS) is 12.5. The average Bonchev–Trinajstić information content (AvgIpc) is 2.04. The summed E-state index contributed by atoms with van der Waals surface area (Å²) in [5.41, 5.74) is 5.96. The molecule has 3 nitrogen and oxygen atoms in total. The van der Waals surface area contributed by atoms with Gasteiger partial charge in [0.25, 0.3) is 0 Å². The van der Waals surface area contributed by atoms with Gasteiger partial charge in [0, 0.05) is 19.1 Å². The average molecular weight is 160 g/mol. The summed E-state index contributed by atoms with van der Waals surface area (Å²) in [5.74, 6) is 0. The Morgan fingerprint density at radius 1 is 1.36 bits per heavy atom. The van der Waals surface area contributed by atoms with Crippen molar-refractivity contribution < 1.29 is 4.84 Å². The second-order valence-corrected chi connectivity index (χ2v) is 3.04. The molecule has 0 aromatic rings. The van der Waals surface area contributed by atoms with Gasteiger partial charge in [-0.05, 0) is 12.8 Å². The van der Waals surface area contributed by atoms with E-state index in [1.165, 1.54) is 0 Å². The van der Waals surface area contributed by atoms with Gasteiger partial charge in [0.05, 0.1) is 7.11 Å². The molecule has 0 saturated heterocycles. The fourth-order valence-electron chi connectivity index (χ4n) is 0.982. The molecular formula is C8H20N2O. The largest absolute Gasteiger partial charge is 0.324 e. The number of nitrogens with zero attached hydrogens (tertiary/aromatic N) is 1. The zero-order chi connectivity index (χ0) is 8.91. The summed E-state index contributed by atoms with van der Waals surface area (Å²) >= 11 is 0. The molecule has 0 aliphatic heterocycles. The molecule has 0 unspecified atom stereocenters. The lowest BCUT2D eigenvalue weighted by Gasteiger charge is -2.30. The predicted octanol–water partition coefficient (Wildman–Crippen LogP) is 0.997. The van der Waals surface area contributed by atoms with Gasteiger partial charge < -0.3 is 10.6 Å². The molecule has 0 aromatic carbocycles. The third kappa shape index (κ3) is 3.70. The van der Waals surface area contributed by atoms with Gasteiger partial charge in [-0.1, -0.05) is 13.8 Å². The van der Waals surface area contributed by atoms with Crippen molar-refractivity contribution in [2.24, 2.45) is 5.73 Å². The maximum atomic E-state index is 6.05. The fraction of sp³-hybridized carbons (Fsp3) is 1.00. The molecule has 3 heteroatoms. The molecule has 68 valence electrons. The van der Waals surface area contributed by atoms with Gasteiger partial charge >= 0.3 is 0 Å². The van der Waals surface area contributed by atoms with Crippen LogP contribution < -0.4 is 5.73 Å².